The van der Waals surface area contributed by atoms with Gasteiger partial charge in [0.1, 0.15) is 5.82 Å². The molecule has 0 aliphatic carbocycles. The van der Waals surface area contributed by atoms with E-state index in [1.165, 1.54) is 10.4 Å². The molecular formula is C11H15N3S2. The molecule has 1 N–H and O–H groups in total. The van der Waals surface area contributed by atoms with E-state index in [0.717, 1.165) is 25.2 Å². The fourth-order valence-corrected chi connectivity index (χ4v) is 2.93. The van der Waals surface area contributed by atoms with Crippen molar-refractivity contribution in [2.75, 3.05) is 0 Å². The van der Waals surface area contributed by atoms with Crippen molar-refractivity contribution in [3.05, 3.63) is 32.5 Å². The molecule has 0 saturated carbocycles. The minimum Gasteiger partial charge on any atom is -0.299 e. The van der Waals surface area contributed by atoms with E-state index >= 15 is 0 Å². The maximum Gasteiger partial charge on any atom is 0.195 e. The van der Waals surface area contributed by atoms with Crippen LogP contribution in [-0.4, -0.2) is 14.8 Å². The molecule has 0 atom stereocenters. The van der Waals surface area contributed by atoms with Crippen molar-refractivity contribution in [1.82, 2.24) is 14.8 Å². The number of hydrogen-bond donors (Lipinski definition) is 1. The van der Waals surface area contributed by atoms with E-state index < -0.39 is 0 Å². The minimum atomic E-state index is 0.715. The summed E-state index contributed by atoms with van der Waals surface area (Å²) in [6.45, 7) is 5.12. The molecule has 0 aliphatic heterocycles. The highest BCUT2D eigenvalue weighted by molar-refractivity contribution is 7.71. The molecule has 0 amide bonds. The van der Waals surface area contributed by atoms with Crippen LogP contribution in [-0.2, 0) is 19.4 Å². The molecule has 0 radical (unpaired) electrons. The number of H-pyrrole nitrogens is 1. The van der Waals surface area contributed by atoms with E-state index in [4.69, 9.17) is 12.2 Å². The summed E-state index contributed by atoms with van der Waals surface area (Å²) in [7, 11) is 0. The molecule has 2 rings (SSSR count). The van der Waals surface area contributed by atoms with E-state index in [-0.39, 0.29) is 0 Å². The van der Waals surface area contributed by atoms with Crippen LogP contribution in [0.3, 0.4) is 0 Å². The molecule has 0 spiro atoms. The van der Waals surface area contributed by atoms with Crippen LogP contribution in [0.2, 0.25) is 0 Å². The van der Waals surface area contributed by atoms with Gasteiger partial charge in [0.15, 0.2) is 4.77 Å². The molecule has 3 nitrogen and oxygen atoms in total. The first kappa shape index (κ1) is 11.5. The lowest BCUT2D eigenvalue weighted by molar-refractivity contribution is 0.727. The van der Waals surface area contributed by atoms with E-state index in [0.29, 0.717) is 4.77 Å². The van der Waals surface area contributed by atoms with E-state index in [2.05, 4.69) is 40.1 Å². The Bertz CT molecular complexity index is 521. The van der Waals surface area contributed by atoms with Crippen molar-refractivity contribution < 1.29 is 0 Å². The normalized spacial score (nSPS) is 10.9. The number of aryl methyl sites for hydroxylation is 2. The Hall–Kier alpha value is -0.940. The fraction of sp³-hybridized carbons (Fsp3) is 0.455. The van der Waals surface area contributed by atoms with Crippen LogP contribution < -0.4 is 0 Å². The fourth-order valence-electron chi connectivity index (χ4n) is 1.75. The number of aromatic amines is 1. The van der Waals surface area contributed by atoms with E-state index in [9.17, 15) is 0 Å². The maximum atomic E-state index is 5.24. The second kappa shape index (κ2) is 4.93. The first-order chi connectivity index (χ1) is 7.76. The molecular weight excluding hydrogens is 238 g/mol. The van der Waals surface area contributed by atoms with Gasteiger partial charge in [0.05, 0.1) is 6.54 Å². The molecule has 86 valence electrons. The van der Waals surface area contributed by atoms with E-state index in [1.54, 1.807) is 11.3 Å². The van der Waals surface area contributed by atoms with Crippen LogP contribution in [0.5, 0.6) is 0 Å². The first-order valence-electron chi connectivity index (χ1n) is 5.45. The van der Waals surface area contributed by atoms with Gasteiger partial charge in [-0.25, -0.2) is 0 Å². The zero-order valence-corrected chi connectivity index (χ0v) is 11.1. The Morgan fingerprint density at radius 1 is 1.44 bits per heavy atom. The second-order valence-electron chi connectivity index (χ2n) is 3.61. The summed E-state index contributed by atoms with van der Waals surface area (Å²) >= 11 is 7.03. The molecule has 0 unspecified atom stereocenters. The van der Waals surface area contributed by atoms with Gasteiger partial charge in [-0.1, -0.05) is 13.8 Å². The summed E-state index contributed by atoms with van der Waals surface area (Å²) in [6, 6.07) is 2.19. The number of rotatable bonds is 4. The van der Waals surface area contributed by atoms with Crippen LogP contribution in [0.15, 0.2) is 11.4 Å². The van der Waals surface area contributed by atoms with Crippen molar-refractivity contribution in [2.45, 2.75) is 33.2 Å². The Morgan fingerprint density at radius 2 is 2.25 bits per heavy atom. The number of nitrogens with one attached hydrogen (secondary N) is 1. The van der Waals surface area contributed by atoms with Crippen molar-refractivity contribution in [1.29, 1.82) is 0 Å². The Kier molecular flexibility index (Phi) is 3.56. The lowest BCUT2D eigenvalue weighted by atomic mass is 10.2. The zero-order chi connectivity index (χ0) is 11.5. The van der Waals surface area contributed by atoms with Gasteiger partial charge in [-0.3, -0.25) is 9.67 Å². The van der Waals surface area contributed by atoms with Crippen molar-refractivity contribution in [3.8, 4) is 0 Å². The van der Waals surface area contributed by atoms with Crippen molar-refractivity contribution in [2.24, 2.45) is 0 Å². The smallest absolute Gasteiger partial charge is 0.195 e. The highest BCUT2D eigenvalue weighted by Gasteiger charge is 2.08. The summed E-state index contributed by atoms with van der Waals surface area (Å²) in [4.78, 5) is 1.38. The SMILES string of the molecule is CCc1ccsc1Cn1c(CC)n[nH]c1=S. The van der Waals surface area contributed by atoms with Crippen LogP contribution in [0.4, 0.5) is 0 Å². The molecule has 2 heterocycles. The number of thiophene rings is 1. The predicted octanol–water partition coefficient (Wildman–Crippen LogP) is 3.18. The molecule has 0 fully saturated rings. The zero-order valence-electron chi connectivity index (χ0n) is 9.49. The van der Waals surface area contributed by atoms with Gasteiger partial charge >= 0.3 is 0 Å². The average molecular weight is 253 g/mol. The number of hydrogen-bond acceptors (Lipinski definition) is 3. The van der Waals surface area contributed by atoms with Gasteiger partial charge in [0.2, 0.25) is 0 Å². The molecule has 2 aromatic heterocycles. The van der Waals surface area contributed by atoms with Crippen molar-refractivity contribution in [3.63, 3.8) is 0 Å². The second-order valence-corrected chi connectivity index (χ2v) is 4.99. The molecule has 5 heteroatoms. The van der Waals surface area contributed by atoms with Gasteiger partial charge in [0, 0.05) is 11.3 Å². The van der Waals surface area contributed by atoms with Crippen LogP contribution in [0.1, 0.15) is 30.1 Å². The summed E-state index contributed by atoms with van der Waals surface area (Å²) in [6.07, 6.45) is 1.98. The topological polar surface area (TPSA) is 33.6 Å². The van der Waals surface area contributed by atoms with Crippen LogP contribution in [0.25, 0.3) is 0 Å². The summed E-state index contributed by atoms with van der Waals surface area (Å²) < 4.78 is 2.80. The molecule has 0 bridgehead atoms. The minimum absolute atomic E-state index is 0.715. The Morgan fingerprint density at radius 3 is 2.94 bits per heavy atom. The van der Waals surface area contributed by atoms with Gasteiger partial charge in [-0.05, 0) is 35.6 Å². The Balaban J connectivity index is 2.33. The highest BCUT2D eigenvalue weighted by atomic mass is 32.1. The third kappa shape index (κ3) is 2.10. The molecule has 2 aromatic rings. The molecule has 16 heavy (non-hydrogen) atoms. The average Bonchev–Trinajstić information content (AvgIpc) is 2.87. The van der Waals surface area contributed by atoms with Gasteiger partial charge in [0.25, 0.3) is 0 Å². The quantitative estimate of drug-likeness (QED) is 0.849. The first-order valence-corrected chi connectivity index (χ1v) is 6.74. The molecule has 0 aromatic carbocycles. The van der Waals surface area contributed by atoms with Gasteiger partial charge in [-0.2, -0.15) is 5.10 Å². The number of nitrogens with zero attached hydrogens (tertiary/aromatic N) is 2. The summed E-state index contributed by atoms with van der Waals surface area (Å²) in [5.41, 5.74) is 1.41. The Labute approximate surface area is 104 Å². The third-order valence-corrected chi connectivity index (χ3v) is 3.93. The maximum absolute atomic E-state index is 5.24. The van der Waals surface area contributed by atoms with Crippen LogP contribution >= 0.6 is 23.6 Å². The lowest BCUT2D eigenvalue weighted by Crippen LogP contribution is -2.04. The monoisotopic (exact) mass is 253 g/mol. The highest BCUT2D eigenvalue weighted by Crippen LogP contribution is 2.19. The summed E-state index contributed by atoms with van der Waals surface area (Å²) in [5.74, 6) is 1.03. The van der Waals surface area contributed by atoms with E-state index in [1.807, 2.05) is 0 Å². The lowest BCUT2D eigenvalue weighted by Gasteiger charge is -2.05. The molecule has 0 aliphatic rings. The largest absolute Gasteiger partial charge is 0.299 e. The van der Waals surface area contributed by atoms with Gasteiger partial charge in [-0.15, -0.1) is 11.3 Å². The summed E-state index contributed by atoms with van der Waals surface area (Å²) in [5, 5.41) is 9.22. The van der Waals surface area contributed by atoms with Crippen LogP contribution in [0, 0.1) is 4.77 Å². The predicted molar refractivity (Wildman–Crippen MR) is 69.6 cm³/mol. The van der Waals surface area contributed by atoms with Gasteiger partial charge < -0.3 is 0 Å². The molecule has 0 saturated heterocycles. The third-order valence-electron chi connectivity index (χ3n) is 2.67. The van der Waals surface area contributed by atoms with Crippen molar-refractivity contribution >= 4 is 23.6 Å². The number of aromatic nitrogens is 3. The standard InChI is InChI=1S/C11H15N3S2/c1-3-8-5-6-16-9(8)7-14-10(4-2)12-13-11(14)15/h5-6H,3-4,7H2,1-2H3,(H,13,15).